The number of benzene rings is 3. The third-order valence-electron chi connectivity index (χ3n) is 4.40. The van der Waals surface area contributed by atoms with Gasteiger partial charge >= 0.3 is 0 Å². The van der Waals surface area contributed by atoms with Crippen LogP contribution < -0.4 is 14.4 Å². The third-order valence-corrected chi connectivity index (χ3v) is 5.55. The molecule has 0 spiro atoms. The van der Waals surface area contributed by atoms with Crippen LogP contribution in [0.15, 0.2) is 78.9 Å². The van der Waals surface area contributed by atoms with Crippen molar-refractivity contribution in [3.05, 3.63) is 94.5 Å². The average Bonchev–Trinajstić information content (AvgIpc) is 2.77. The van der Waals surface area contributed by atoms with Gasteiger partial charge in [0.15, 0.2) is 6.61 Å². The van der Waals surface area contributed by atoms with E-state index >= 15 is 0 Å². The number of non-ortho nitro benzene ring substituents is 1. The molecule has 0 heterocycles. The lowest BCUT2D eigenvalue weighted by Gasteiger charge is -2.22. The highest BCUT2D eigenvalue weighted by Crippen LogP contribution is 2.24. The number of carbonyl (C=O) groups excluding carboxylic acids is 1. The van der Waals surface area contributed by atoms with Gasteiger partial charge in [0.05, 0.1) is 23.4 Å². The molecule has 1 N–H and O–H groups in total. The number of sulfonamides is 1. The van der Waals surface area contributed by atoms with Crippen molar-refractivity contribution >= 4 is 33.0 Å². The number of nitro groups is 1. The van der Waals surface area contributed by atoms with Gasteiger partial charge in [0.1, 0.15) is 5.75 Å². The number of hydrogen-bond acceptors (Lipinski definition) is 6. The Morgan fingerprint density at radius 2 is 1.72 bits per heavy atom. The summed E-state index contributed by atoms with van der Waals surface area (Å²) in [7, 11) is -3.52. The molecule has 1 amide bonds. The SMILES string of the molecule is CS(=O)(=O)N(Cc1ccccc1)c1ccc(OCC(=O)Nc2cccc([N+](=O)[O-])c2)cc1. The first-order valence-corrected chi connectivity index (χ1v) is 11.4. The molecule has 3 rings (SSSR count). The highest BCUT2D eigenvalue weighted by atomic mass is 32.2. The third kappa shape index (κ3) is 6.29. The molecule has 0 saturated heterocycles. The zero-order valence-electron chi connectivity index (χ0n) is 17.2. The highest BCUT2D eigenvalue weighted by molar-refractivity contribution is 7.92. The largest absolute Gasteiger partial charge is 0.484 e. The Balaban J connectivity index is 1.62. The second-order valence-electron chi connectivity index (χ2n) is 6.89. The quantitative estimate of drug-likeness (QED) is 0.389. The van der Waals surface area contributed by atoms with Crippen LogP contribution in [0.5, 0.6) is 5.75 Å². The smallest absolute Gasteiger partial charge is 0.271 e. The molecule has 0 fully saturated rings. The van der Waals surface area contributed by atoms with Gasteiger partial charge in [0.2, 0.25) is 10.0 Å². The predicted molar refractivity (Wildman–Crippen MR) is 121 cm³/mol. The highest BCUT2D eigenvalue weighted by Gasteiger charge is 2.18. The molecular formula is C22H21N3O6S. The van der Waals surface area contributed by atoms with Crippen LogP contribution in [0.3, 0.4) is 0 Å². The van der Waals surface area contributed by atoms with Crippen LogP contribution in [0.4, 0.5) is 17.1 Å². The summed E-state index contributed by atoms with van der Waals surface area (Å²) in [5.74, 6) is -0.118. The van der Waals surface area contributed by atoms with Gasteiger partial charge in [-0.25, -0.2) is 8.42 Å². The fraction of sp³-hybridized carbons (Fsp3) is 0.136. The second-order valence-corrected chi connectivity index (χ2v) is 8.80. The van der Waals surface area contributed by atoms with E-state index in [2.05, 4.69) is 5.32 Å². The van der Waals surface area contributed by atoms with E-state index in [1.807, 2.05) is 30.3 Å². The molecule has 0 aliphatic heterocycles. The van der Waals surface area contributed by atoms with Crippen LogP contribution in [0.25, 0.3) is 0 Å². The molecular weight excluding hydrogens is 434 g/mol. The molecule has 0 saturated carbocycles. The van der Waals surface area contributed by atoms with Gasteiger partial charge in [-0.15, -0.1) is 0 Å². The van der Waals surface area contributed by atoms with Crippen LogP contribution >= 0.6 is 0 Å². The van der Waals surface area contributed by atoms with Crippen LogP contribution in [0.1, 0.15) is 5.56 Å². The van der Waals surface area contributed by atoms with Gasteiger partial charge in [-0.3, -0.25) is 19.2 Å². The Bertz CT molecular complexity index is 1200. The number of ether oxygens (including phenoxy) is 1. The van der Waals surface area contributed by atoms with Crippen LogP contribution in [-0.2, 0) is 21.4 Å². The Kier molecular flexibility index (Phi) is 7.06. The van der Waals surface area contributed by atoms with Crippen molar-refractivity contribution < 1.29 is 22.9 Å². The van der Waals surface area contributed by atoms with Gasteiger partial charge < -0.3 is 10.1 Å². The molecule has 0 aliphatic rings. The van der Waals surface area contributed by atoms with Crippen molar-refractivity contribution in [3.63, 3.8) is 0 Å². The number of nitro benzene ring substituents is 1. The normalized spacial score (nSPS) is 10.9. The first-order chi connectivity index (χ1) is 15.2. The summed E-state index contributed by atoms with van der Waals surface area (Å²) in [5, 5.41) is 13.3. The maximum atomic E-state index is 12.3. The number of anilines is 2. The number of nitrogens with one attached hydrogen (secondary N) is 1. The predicted octanol–water partition coefficient (Wildman–Crippen LogP) is 3.58. The second kappa shape index (κ2) is 9.92. The first kappa shape index (κ1) is 22.8. The molecule has 0 unspecified atom stereocenters. The Hall–Kier alpha value is -3.92. The minimum Gasteiger partial charge on any atom is -0.484 e. The van der Waals surface area contributed by atoms with Crippen molar-refractivity contribution in [2.45, 2.75) is 6.54 Å². The van der Waals surface area contributed by atoms with Crippen molar-refractivity contribution in [3.8, 4) is 5.75 Å². The zero-order valence-corrected chi connectivity index (χ0v) is 18.0. The van der Waals surface area contributed by atoms with E-state index in [1.54, 1.807) is 24.3 Å². The fourth-order valence-electron chi connectivity index (χ4n) is 2.90. The number of rotatable bonds is 9. The molecule has 0 bridgehead atoms. The molecule has 166 valence electrons. The van der Waals surface area contributed by atoms with E-state index in [0.29, 0.717) is 11.4 Å². The van der Waals surface area contributed by atoms with Gasteiger partial charge in [-0.1, -0.05) is 36.4 Å². The summed E-state index contributed by atoms with van der Waals surface area (Å²) in [4.78, 5) is 22.3. The number of amides is 1. The van der Waals surface area contributed by atoms with Crippen LogP contribution in [-0.4, -0.2) is 32.1 Å². The molecule has 3 aromatic rings. The summed E-state index contributed by atoms with van der Waals surface area (Å²) < 4.78 is 31.3. The van der Waals surface area contributed by atoms with E-state index in [1.165, 1.54) is 28.6 Å². The van der Waals surface area contributed by atoms with Crippen LogP contribution in [0.2, 0.25) is 0 Å². The van der Waals surface area contributed by atoms with E-state index in [-0.39, 0.29) is 24.5 Å². The Morgan fingerprint density at radius 1 is 1.03 bits per heavy atom. The number of carbonyl (C=O) groups is 1. The fourth-order valence-corrected chi connectivity index (χ4v) is 3.79. The summed E-state index contributed by atoms with van der Waals surface area (Å²) in [6.45, 7) is -0.132. The van der Waals surface area contributed by atoms with Gasteiger partial charge in [0.25, 0.3) is 11.6 Å². The van der Waals surface area contributed by atoms with Gasteiger partial charge in [-0.05, 0) is 35.9 Å². The lowest BCUT2D eigenvalue weighted by atomic mass is 10.2. The van der Waals surface area contributed by atoms with E-state index in [0.717, 1.165) is 11.8 Å². The minimum absolute atomic E-state index is 0.134. The summed E-state index contributed by atoms with van der Waals surface area (Å²) >= 11 is 0. The maximum Gasteiger partial charge on any atom is 0.271 e. The number of nitrogens with zero attached hydrogens (tertiary/aromatic N) is 2. The Morgan fingerprint density at radius 3 is 2.34 bits per heavy atom. The average molecular weight is 455 g/mol. The summed E-state index contributed by atoms with van der Waals surface area (Å²) in [5.41, 5.74) is 1.46. The molecule has 10 heteroatoms. The molecule has 3 aromatic carbocycles. The molecule has 0 radical (unpaired) electrons. The van der Waals surface area contributed by atoms with E-state index in [9.17, 15) is 23.3 Å². The lowest BCUT2D eigenvalue weighted by molar-refractivity contribution is -0.384. The van der Waals surface area contributed by atoms with Gasteiger partial charge in [0, 0.05) is 17.8 Å². The molecule has 0 aromatic heterocycles. The van der Waals surface area contributed by atoms with Crippen molar-refractivity contribution in [2.24, 2.45) is 0 Å². The topological polar surface area (TPSA) is 119 Å². The molecule has 32 heavy (non-hydrogen) atoms. The Labute approximate surface area is 185 Å². The van der Waals surface area contributed by atoms with Gasteiger partial charge in [-0.2, -0.15) is 0 Å². The number of hydrogen-bond donors (Lipinski definition) is 1. The maximum absolute atomic E-state index is 12.3. The van der Waals surface area contributed by atoms with Crippen molar-refractivity contribution in [1.82, 2.24) is 0 Å². The molecule has 9 nitrogen and oxygen atoms in total. The van der Waals surface area contributed by atoms with Crippen molar-refractivity contribution in [1.29, 1.82) is 0 Å². The summed E-state index contributed by atoms with van der Waals surface area (Å²) in [6.07, 6.45) is 1.14. The summed E-state index contributed by atoms with van der Waals surface area (Å²) in [6, 6.07) is 21.1. The van der Waals surface area contributed by atoms with Crippen molar-refractivity contribution in [2.75, 3.05) is 22.5 Å². The standard InChI is InChI=1S/C22H21N3O6S/c1-32(29,30)24(15-17-6-3-2-4-7-17)19-10-12-21(13-11-19)31-16-22(26)23-18-8-5-9-20(14-18)25(27)28/h2-14H,15-16H2,1H3,(H,23,26). The van der Waals surface area contributed by atoms with Crippen LogP contribution in [0, 0.1) is 10.1 Å². The van der Waals surface area contributed by atoms with E-state index < -0.39 is 20.9 Å². The first-order valence-electron chi connectivity index (χ1n) is 9.51. The molecule has 0 atom stereocenters. The zero-order chi connectivity index (χ0) is 23.1. The monoisotopic (exact) mass is 455 g/mol. The lowest BCUT2D eigenvalue weighted by Crippen LogP contribution is -2.29. The van der Waals surface area contributed by atoms with E-state index in [4.69, 9.17) is 4.74 Å². The molecule has 0 aliphatic carbocycles. The minimum atomic E-state index is -3.52.